The number of carbonyl (C=O) groups is 2. The normalized spacial score (nSPS) is 25.7. The Morgan fingerprint density at radius 1 is 1.12 bits per heavy atom. The van der Waals surface area contributed by atoms with Crippen LogP contribution in [0.15, 0.2) is 64.2 Å². The average molecular weight is 496 g/mol. The van der Waals surface area contributed by atoms with Crippen LogP contribution in [0.25, 0.3) is 0 Å². The van der Waals surface area contributed by atoms with Gasteiger partial charge in [-0.05, 0) is 45.8 Å². The van der Waals surface area contributed by atoms with Gasteiger partial charge >= 0.3 is 5.69 Å². The number of carbonyl (C=O) groups excluding carboxylic acids is 2. The Labute approximate surface area is 191 Å². The molecule has 1 aliphatic heterocycles. The van der Waals surface area contributed by atoms with Crippen LogP contribution in [0.4, 0.5) is 5.69 Å². The second-order valence-electron chi connectivity index (χ2n) is 8.12. The number of halogens is 1. The van der Waals surface area contributed by atoms with Crippen molar-refractivity contribution in [2.24, 2.45) is 28.8 Å². The molecule has 2 amide bonds. The number of imide groups is 1. The van der Waals surface area contributed by atoms with Gasteiger partial charge in [0.15, 0.2) is 0 Å². The highest BCUT2D eigenvalue weighted by molar-refractivity contribution is 9.10. The van der Waals surface area contributed by atoms with Gasteiger partial charge < -0.3 is 4.74 Å². The second-order valence-corrected chi connectivity index (χ2v) is 8.97. The first-order valence-corrected chi connectivity index (χ1v) is 11.0. The van der Waals surface area contributed by atoms with Gasteiger partial charge in [-0.3, -0.25) is 19.7 Å². The molecular formula is C23H18BrN3O5. The first kappa shape index (κ1) is 20.6. The Balaban J connectivity index is 1.37. The number of hydrogen-bond donors (Lipinski definition) is 0. The predicted octanol–water partition coefficient (Wildman–Crippen LogP) is 4.08. The molecular weight excluding hydrogens is 478 g/mol. The van der Waals surface area contributed by atoms with Gasteiger partial charge in [0.1, 0.15) is 6.61 Å². The Morgan fingerprint density at radius 3 is 2.41 bits per heavy atom. The zero-order chi connectivity index (χ0) is 22.4. The van der Waals surface area contributed by atoms with E-state index in [1.807, 2.05) is 42.5 Å². The number of nitro benzene ring substituents is 1. The molecule has 0 radical (unpaired) electrons. The molecule has 4 atom stereocenters. The van der Waals surface area contributed by atoms with Crippen molar-refractivity contribution in [3.05, 3.63) is 80.3 Å². The number of fused-ring (bicyclic) bond motifs is 5. The molecule has 2 aromatic carbocycles. The van der Waals surface area contributed by atoms with Crippen molar-refractivity contribution >= 4 is 39.6 Å². The van der Waals surface area contributed by atoms with Crippen LogP contribution in [0.5, 0.6) is 5.75 Å². The molecule has 0 N–H and O–H groups in total. The summed E-state index contributed by atoms with van der Waals surface area (Å²) in [6, 6.07) is 12.2. The molecule has 32 heavy (non-hydrogen) atoms. The summed E-state index contributed by atoms with van der Waals surface area (Å²) in [7, 11) is 0. The number of hydrazone groups is 1. The van der Waals surface area contributed by atoms with Crippen molar-refractivity contribution in [2.75, 3.05) is 0 Å². The number of benzene rings is 2. The predicted molar refractivity (Wildman–Crippen MR) is 119 cm³/mol. The number of hydrogen-bond acceptors (Lipinski definition) is 6. The highest BCUT2D eigenvalue weighted by Gasteiger charge is 2.59. The molecule has 2 aromatic rings. The summed E-state index contributed by atoms with van der Waals surface area (Å²) in [5.41, 5.74) is 1.00. The Bertz CT molecular complexity index is 1150. The molecule has 0 aromatic heterocycles. The molecule has 2 fully saturated rings. The maximum Gasteiger partial charge on any atom is 0.312 e. The van der Waals surface area contributed by atoms with E-state index in [9.17, 15) is 19.7 Å². The number of amides is 2. The van der Waals surface area contributed by atoms with Gasteiger partial charge in [-0.2, -0.15) is 10.1 Å². The van der Waals surface area contributed by atoms with Crippen molar-refractivity contribution in [3.63, 3.8) is 0 Å². The summed E-state index contributed by atoms with van der Waals surface area (Å²) in [5.74, 6) is -1.000. The van der Waals surface area contributed by atoms with Crippen molar-refractivity contribution < 1.29 is 19.2 Å². The zero-order valence-corrected chi connectivity index (χ0v) is 18.3. The quantitative estimate of drug-likeness (QED) is 0.197. The summed E-state index contributed by atoms with van der Waals surface area (Å²) in [6.07, 6.45) is 6.16. The van der Waals surface area contributed by atoms with Crippen LogP contribution in [0.1, 0.15) is 17.5 Å². The van der Waals surface area contributed by atoms with E-state index in [1.54, 1.807) is 6.07 Å². The molecule has 1 saturated heterocycles. The lowest BCUT2D eigenvalue weighted by Gasteiger charge is -2.13. The van der Waals surface area contributed by atoms with Crippen LogP contribution in [0.2, 0.25) is 0 Å². The summed E-state index contributed by atoms with van der Waals surface area (Å²) in [5, 5.41) is 16.7. The first-order valence-electron chi connectivity index (χ1n) is 10.2. The summed E-state index contributed by atoms with van der Waals surface area (Å²) < 4.78 is 6.08. The van der Waals surface area contributed by atoms with E-state index in [2.05, 4.69) is 21.0 Å². The molecule has 0 spiro atoms. The van der Waals surface area contributed by atoms with E-state index >= 15 is 0 Å². The minimum Gasteiger partial charge on any atom is -0.481 e. The topological polar surface area (TPSA) is 102 Å². The van der Waals surface area contributed by atoms with Crippen LogP contribution in [-0.4, -0.2) is 28.0 Å². The van der Waals surface area contributed by atoms with Gasteiger partial charge in [0.25, 0.3) is 11.8 Å². The van der Waals surface area contributed by atoms with Crippen molar-refractivity contribution in [1.29, 1.82) is 0 Å². The van der Waals surface area contributed by atoms with Crippen LogP contribution in [0.3, 0.4) is 0 Å². The van der Waals surface area contributed by atoms with Crippen LogP contribution >= 0.6 is 15.9 Å². The van der Waals surface area contributed by atoms with Gasteiger partial charge in [-0.15, -0.1) is 0 Å². The minimum atomic E-state index is -0.539. The molecule has 1 heterocycles. The second kappa shape index (κ2) is 7.98. The number of nitrogens with zero attached hydrogens (tertiary/aromatic N) is 3. The van der Waals surface area contributed by atoms with Crippen LogP contribution < -0.4 is 4.74 Å². The molecule has 9 heteroatoms. The SMILES string of the molecule is O=C1C2C3C=CC(C3)C2C(=O)N1N=Cc1cc(Br)c(OCc2ccccc2)c([N+](=O)[O-])c1. The fourth-order valence-corrected chi connectivity index (χ4v) is 5.39. The monoisotopic (exact) mass is 495 g/mol. The lowest BCUT2D eigenvalue weighted by Crippen LogP contribution is -2.28. The van der Waals surface area contributed by atoms with E-state index < -0.39 is 4.92 Å². The Kier molecular flexibility index (Phi) is 5.13. The fraction of sp³-hybridized carbons (Fsp3) is 0.261. The lowest BCUT2D eigenvalue weighted by molar-refractivity contribution is -0.386. The van der Waals surface area contributed by atoms with E-state index in [0.29, 0.717) is 10.0 Å². The van der Waals surface area contributed by atoms with Crippen molar-refractivity contribution in [3.8, 4) is 5.75 Å². The highest BCUT2D eigenvalue weighted by atomic mass is 79.9. The van der Waals surface area contributed by atoms with E-state index in [-0.39, 0.29) is 53.5 Å². The summed E-state index contributed by atoms with van der Waals surface area (Å²) in [4.78, 5) is 36.6. The van der Waals surface area contributed by atoms with E-state index in [4.69, 9.17) is 4.74 Å². The molecule has 162 valence electrons. The van der Waals surface area contributed by atoms with Crippen LogP contribution in [0, 0.1) is 33.8 Å². The molecule has 1 saturated carbocycles. The number of rotatable bonds is 6. The van der Waals surface area contributed by atoms with Crippen molar-refractivity contribution in [1.82, 2.24) is 5.01 Å². The third kappa shape index (κ3) is 3.42. The largest absolute Gasteiger partial charge is 0.481 e. The third-order valence-corrected chi connectivity index (χ3v) is 6.83. The van der Waals surface area contributed by atoms with Gasteiger partial charge in [-0.1, -0.05) is 42.5 Å². The molecule has 2 bridgehead atoms. The Hall–Kier alpha value is -3.33. The summed E-state index contributed by atoms with van der Waals surface area (Å²) in [6.45, 7) is 0.170. The highest BCUT2D eigenvalue weighted by Crippen LogP contribution is 2.52. The van der Waals surface area contributed by atoms with E-state index in [0.717, 1.165) is 17.0 Å². The maximum absolute atomic E-state index is 12.7. The number of nitro groups is 1. The van der Waals surface area contributed by atoms with Crippen molar-refractivity contribution in [2.45, 2.75) is 13.0 Å². The van der Waals surface area contributed by atoms with Gasteiger partial charge in [0, 0.05) is 11.6 Å². The fourth-order valence-electron chi connectivity index (χ4n) is 4.81. The molecule has 8 nitrogen and oxygen atoms in total. The summed E-state index contributed by atoms with van der Waals surface area (Å²) >= 11 is 3.33. The van der Waals surface area contributed by atoms with Gasteiger partial charge in [0.2, 0.25) is 5.75 Å². The van der Waals surface area contributed by atoms with Gasteiger partial charge in [0.05, 0.1) is 27.4 Å². The standard InChI is InChI=1S/C23H18BrN3O5/c24-17-8-14(9-18(27(30)31)21(17)32-12-13-4-2-1-3-5-13)11-25-26-22(28)19-15-6-7-16(10-15)20(19)23(26)29/h1-9,11,15-16,19-20H,10,12H2. The third-order valence-electron chi connectivity index (χ3n) is 6.24. The lowest BCUT2D eigenvalue weighted by atomic mass is 9.85. The zero-order valence-electron chi connectivity index (χ0n) is 16.8. The average Bonchev–Trinajstić information content (AvgIpc) is 3.46. The van der Waals surface area contributed by atoms with E-state index in [1.165, 1.54) is 12.3 Å². The van der Waals surface area contributed by atoms with Gasteiger partial charge in [-0.25, -0.2) is 0 Å². The molecule has 2 aliphatic carbocycles. The number of ether oxygens (including phenoxy) is 1. The van der Waals surface area contributed by atoms with Crippen LogP contribution in [-0.2, 0) is 16.2 Å². The first-order chi connectivity index (χ1) is 15.4. The maximum atomic E-state index is 12.7. The smallest absolute Gasteiger partial charge is 0.312 e. The number of allylic oxidation sites excluding steroid dienone is 2. The Morgan fingerprint density at radius 2 is 1.78 bits per heavy atom. The molecule has 4 unspecified atom stereocenters. The minimum absolute atomic E-state index is 0.0953. The molecule has 3 aliphatic rings. The molecule has 5 rings (SSSR count).